The molecule has 2 aromatic carbocycles. The highest BCUT2D eigenvalue weighted by atomic mass is 16.1. The Hall–Kier alpha value is -2.44. The summed E-state index contributed by atoms with van der Waals surface area (Å²) in [6.45, 7) is 0. The minimum absolute atomic E-state index is 0.116. The highest BCUT2D eigenvalue weighted by Crippen LogP contribution is 2.13. The number of benzene rings is 2. The summed E-state index contributed by atoms with van der Waals surface area (Å²) in [5.41, 5.74) is 2.41. The van der Waals surface area contributed by atoms with Gasteiger partial charge in [0.25, 0.3) is 0 Å². The number of likely N-dealkylation sites (N-methyl/N-ethyl adjacent to an activating group) is 1. The van der Waals surface area contributed by atoms with Crippen molar-refractivity contribution in [2.24, 2.45) is 0 Å². The fourth-order valence-electron chi connectivity index (χ4n) is 2.24. The average molecular weight is 278 g/mol. The third-order valence-corrected chi connectivity index (χ3v) is 3.50. The van der Waals surface area contributed by atoms with Gasteiger partial charge in [0.2, 0.25) is 0 Å². The molecule has 1 atom stereocenters. The first-order valence-corrected chi connectivity index (χ1v) is 6.86. The SMILES string of the molecule is CN(C)[C@@H](Cc1ccc(C#N)cc1)C(=O)c1ccccc1. The Kier molecular flexibility index (Phi) is 4.86. The molecule has 106 valence electrons. The van der Waals surface area contributed by atoms with Crippen LogP contribution in [0.3, 0.4) is 0 Å². The van der Waals surface area contributed by atoms with Crippen molar-refractivity contribution in [2.75, 3.05) is 14.1 Å². The lowest BCUT2D eigenvalue weighted by Crippen LogP contribution is -2.37. The quantitative estimate of drug-likeness (QED) is 0.790. The molecule has 0 aliphatic heterocycles. The van der Waals surface area contributed by atoms with Crippen LogP contribution in [0.2, 0.25) is 0 Å². The van der Waals surface area contributed by atoms with Crippen LogP contribution in [-0.4, -0.2) is 30.8 Å². The van der Waals surface area contributed by atoms with Crippen LogP contribution in [0.5, 0.6) is 0 Å². The van der Waals surface area contributed by atoms with Crippen molar-refractivity contribution in [3.05, 3.63) is 71.3 Å². The van der Waals surface area contributed by atoms with Gasteiger partial charge in [-0.1, -0.05) is 42.5 Å². The Morgan fingerprint density at radius 2 is 1.71 bits per heavy atom. The molecule has 3 nitrogen and oxygen atoms in total. The zero-order valence-corrected chi connectivity index (χ0v) is 12.3. The molecule has 3 heteroatoms. The van der Waals surface area contributed by atoms with Crippen LogP contribution in [0.4, 0.5) is 0 Å². The summed E-state index contributed by atoms with van der Waals surface area (Å²) in [6.07, 6.45) is 0.631. The van der Waals surface area contributed by atoms with E-state index < -0.39 is 0 Å². The summed E-state index contributed by atoms with van der Waals surface area (Å²) in [6, 6.07) is 18.6. The molecule has 0 aliphatic carbocycles. The number of hydrogen-bond donors (Lipinski definition) is 0. The van der Waals surface area contributed by atoms with E-state index in [4.69, 9.17) is 5.26 Å². The van der Waals surface area contributed by atoms with Gasteiger partial charge in [0, 0.05) is 5.56 Å². The molecule has 0 radical (unpaired) electrons. The molecular formula is C18H18N2O. The van der Waals surface area contributed by atoms with E-state index in [1.807, 2.05) is 61.5 Å². The molecule has 2 rings (SSSR count). The maximum absolute atomic E-state index is 12.6. The van der Waals surface area contributed by atoms with E-state index in [1.165, 1.54) is 0 Å². The summed E-state index contributed by atoms with van der Waals surface area (Å²) >= 11 is 0. The predicted octanol–water partition coefficient (Wildman–Crippen LogP) is 2.91. The predicted molar refractivity (Wildman–Crippen MR) is 83.1 cm³/mol. The average Bonchev–Trinajstić information content (AvgIpc) is 2.53. The Balaban J connectivity index is 2.19. The van der Waals surface area contributed by atoms with E-state index in [0.717, 1.165) is 11.1 Å². The lowest BCUT2D eigenvalue weighted by molar-refractivity contribution is 0.0875. The number of ketones is 1. The summed E-state index contributed by atoms with van der Waals surface area (Å²) in [7, 11) is 3.82. The second kappa shape index (κ2) is 6.83. The van der Waals surface area contributed by atoms with Crippen molar-refractivity contribution in [3.8, 4) is 6.07 Å². The van der Waals surface area contributed by atoms with Gasteiger partial charge >= 0.3 is 0 Å². The van der Waals surface area contributed by atoms with Crippen molar-refractivity contribution < 1.29 is 4.79 Å². The molecule has 0 saturated heterocycles. The normalized spacial score (nSPS) is 11.9. The number of hydrogen-bond acceptors (Lipinski definition) is 3. The van der Waals surface area contributed by atoms with Gasteiger partial charge in [0.15, 0.2) is 5.78 Å². The molecule has 0 bridgehead atoms. The maximum Gasteiger partial charge on any atom is 0.180 e. The second-order valence-corrected chi connectivity index (χ2v) is 5.22. The van der Waals surface area contributed by atoms with Crippen LogP contribution in [0.15, 0.2) is 54.6 Å². The number of nitrogens with zero attached hydrogens (tertiary/aromatic N) is 2. The number of carbonyl (C=O) groups excluding carboxylic acids is 1. The molecule has 0 heterocycles. The Labute approximate surface area is 125 Å². The highest BCUT2D eigenvalue weighted by molar-refractivity contribution is 6.00. The molecule has 0 aliphatic rings. The van der Waals surface area contributed by atoms with E-state index in [2.05, 4.69) is 6.07 Å². The maximum atomic E-state index is 12.6. The van der Waals surface area contributed by atoms with Gasteiger partial charge in [-0.25, -0.2) is 0 Å². The van der Waals surface area contributed by atoms with Crippen molar-refractivity contribution in [1.82, 2.24) is 4.90 Å². The summed E-state index contributed by atoms with van der Waals surface area (Å²) < 4.78 is 0. The molecule has 21 heavy (non-hydrogen) atoms. The third kappa shape index (κ3) is 3.77. The zero-order chi connectivity index (χ0) is 15.2. The van der Waals surface area contributed by atoms with Crippen LogP contribution >= 0.6 is 0 Å². The van der Waals surface area contributed by atoms with Gasteiger partial charge in [-0.15, -0.1) is 0 Å². The number of Topliss-reactive ketones (excluding diaryl/α,β-unsaturated/α-hetero) is 1. The molecule has 2 aromatic rings. The fraction of sp³-hybridized carbons (Fsp3) is 0.222. The molecule has 0 unspecified atom stereocenters. The van der Waals surface area contributed by atoms with Gasteiger partial charge in [-0.05, 0) is 38.2 Å². The zero-order valence-electron chi connectivity index (χ0n) is 12.3. The number of carbonyl (C=O) groups is 1. The van der Waals surface area contributed by atoms with Crippen LogP contribution in [-0.2, 0) is 6.42 Å². The summed E-state index contributed by atoms with van der Waals surface area (Å²) in [5.74, 6) is 0.116. The number of nitriles is 1. The van der Waals surface area contributed by atoms with Gasteiger partial charge in [0.1, 0.15) is 0 Å². The first-order chi connectivity index (χ1) is 10.1. The highest BCUT2D eigenvalue weighted by Gasteiger charge is 2.22. The minimum atomic E-state index is -0.208. The molecule has 0 aromatic heterocycles. The molecule has 0 fully saturated rings. The molecule has 0 spiro atoms. The Morgan fingerprint density at radius 1 is 1.10 bits per heavy atom. The summed E-state index contributed by atoms with van der Waals surface area (Å²) in [4.78, 5) is 14.6. The van der Waals surface area contributed by atoms with Crippen LogP contribution in [0, 0.1) is 11.3 Å². The fourth-order valence-corrected chi connectivity index (χ4v) is 2.24. The van der Waals surface area contributed by atoms with Crippen LogP contribution < -0.4 is 0 Å². The third-order valence-electron chi connectivity index (χ3n) is 3.50. The van der Waals surface area contributed by atoms with Gasteiger partial charge < -0.3 is 0 Å². The lowest BCUT2D eigenvalue weighted by atomic mass is 9.96. The molecule has 0 saturated carbocycles. The van der Waals surface area contributed by atoms with E-state index in [9.17, 15) is 4.79 Å². The summed E-state index contributed by atoms with van der Waals surface area (Å²) in [5, 5.41) is 8.82. The smallest absolute Gasteiger partial charge is 0.180 e. The molecule has 0 amide bonds. The van der Waals surface area contributed by atoms with Gasteiger partial charge in [-0.3, -0.25) is 9.69 Å². The standard InChI is InChI=1S/C18H18N2O/c1-20(2)17(18(21)16-6-4-3-5-7-16)12-14-8-10-15(13-19)11-9-14/h3-11,17H,12H2,1-2H3/t17-/m0/s1. The largest absolute Gasteiger partial charge is 0.299 e. The molecular weight excluding hydrogens is 260 g/mol. The Bertz CT molecular complexity index is 639. The Morgan fingerprint density at radius 3 is 2.24 bits per heavy atom. The van der Waals surface area contributed by atoms with E-state index >= 15 is 0 Å². The minimum Gasteiger partial charge on any atom is -0.299 e. The first-order valence-electron chi connectivity index (χ1n) is 6.86. The lowest BCUT2D eigenvalue weighted by Gasteiger charge is -2.23. The first kappa shape index (κ1) is 15.0. The van der Waals surface area contributed by atoms with Gasteiger partial charge in [0.05, 0.1) is 17.7 Å². The monoisotopic (exact) mass is 278 g/mol. The van der Waals surface area contributed by atoms with E-state index in [1.54, 1.807) is 12.1 Å². The van der Waals surface area contributed by atoms with Crippen LogP contribution in [0.25, 0.3) is 0 Å². The topological polar surface area (TPSA) is 44.1 Å². The van der Waals surface area contributed by atoms with Crippen LogP contribution in [0.1, 0.15) is 21.5 Å². The number of rotatable bonds is 5. The van der Waals surface area contributed by atoms with Gasteiger partial charge in [-0.2, -0.15) is 5.26 Å². The molecule has 0 N–H and O–H groups in total. The van der Waals surface area contributed by atoms with Crippen molar-refractivity contribution in [3.63, 3.8) is 0 Å². The van der Waals surface area contributed by atoms with Crippen molar-refractivity contribution >= 4 is 5.78 Å². The van der Waals surface area contributed by atoms with E-state index in [-0.39, 0.29) is 11.8 Å². The second-order valence-electron chi connectivity index (χ2n) is 5.22. The van der Waals surface area contributed by atoms with Crippen molar-refractivity contribution in [2.45, 2.75) is 12.5 Å². The van der Waals surface area contributed by atoms with Crippen molar-refractivity contribution in [1.29, 1.82) is 5.26 Å². The van der Waals surface area contributed by atoms with E-state index in [0.29, 0.717) is 12.0 Å².